The van der Waals surface area contributed by atoms with Gasteiger partial charge in [0.2, 0.25) is 0 Å². The van der Waals surface area contributed by atoms with Crippen LogP contribution in [0.3, 0.4) is 0 Å². The summed E-state index contributed by atoms with van der Waals surface area (Å²) in [5.74, 6) is 0. The number of thiophene rings is 1. The summed E-state index contributed by atoms with van der Waals surface area (Å²) in [4.78, 5) is 4.54. The minimum Gasteiger partial charge on any atom is -0.331 e. The minimum atomic E-state index is 0.957. The van der Waals surface area contributed by atoms with Gasteiger partial charge >= 0.3 is 0 Å². The molecule has 16 heavy (non-hydrogen) atoms. The van der Waals surface area contributed by atoms with Gasteiger partial charge in [0.15, 0.2) is 5.13 Å². The average Bonchev–Trinajstić information content (AvgIpc) is 2.86. The number of aryl methyl sites for hydroxylation is 1. The van der Waals surface area contributed by atoms with Crippen LogP contribution >= 0.6 is 22.7 Å². The van der Waals surface area contributed by atoms with Crippen molar-refractivity contribution in [1.82, 2.24) is 4.98 Å². The van der Waals surface area contributed by atoms with E-state index in [1.54, 1.807) is 22.7 Å². The Kier molecular flexibility index (Phi) is 2.38. The lowest BCUT2D eigenvalue weighted by molar-refractivity contribution is 1.44. The lowest BCUT2D eigenvalue weighted by atomic mass is 10.2. The van der Waals surface area contributed by atoms with E-state index < -0.39 is 0 Å². The van der Waals surface area contributed by atoms with Crippen LogP contribution in [0, 0.1) is 6.92 Å². The number of thiazole rings is 1. The number of rotatable bonds is 2. The third-order valence-electron chi connectivity index (χ3n) is 2.32. The Morgan fingerprint density at radius 1 is 1.25 bits per heavy atom. The van der Waals surface area contributed by atoms with Gasteiger partial charge in [-0.2, -0.15) is 11.3 Å². The van der Waals surface area contributed by atoms with Gasteiger partial charge in [0.05, 0.1) is 15.9 Å². The van der Waals surface area contributed by atoms with Gasteiger partial charge in [-0.3, -0.25) is 0 Å². The Balaban J connectivity index is 1.99. The van der Waals surface area contributed by atoms with Crippen LogP contribution in [0.4, 0.5) is 10.8 Å². The fourth-order valence-corrected chi connectivity index (χ4v) is 3.12. The summed E-state index contributed by atoms with van der Waals surface area (Å²) < 4.78 is 1.23. The van der Waals surface area contributed by atoms with Crippen molar-refractivity contribution in [3.8, 4) is 0 Å². The highest BCUT2D eigenvalue weighted by Gasteiger charge is 2.03. The van der Waals surface area contributed by atoms with E-state index in [2.05, 4.69) is 52.3 Å². The van der Waals surface area contributed by atoms with Gasteiger partial charge in [-0.1, -0.05) is 17.4 Å². The molecule has 0 unspecified atom stereocenters. The first kappa shape index (κ1) is 9.81. The van der Waals surface area contributed by atoms with Crippen molar-refractivity contribution in [2.24, 2.45) is 0 Å². The zero-order chi connectivity index (χ0) is 11.0. The first-order chi connectivity index (χ1) is 7.81. The van der Waals surface area contributed by atoms with E-state index in [4.69, 9.17) is 0 Å². The van der Waals surface area contributed by atoms with E-state index in [-0.39, 0.29) is 0 Å². The van der Waals surface area contributed by atoms with Crippen molar-refractivity contribution >= 4 is 43.7 Å². The number of nitrogens with one attached hydrogen (secondary N) is 1. The molecule has 2 aromatic heterocycles. The fourth-order valence-electron chi connectivity index (χ4n) is 1.54. The number of benzene rings is 1. The van der Waals surface area contributed by atoms with E-state index in [1.165, 1.54) is 10.3 Å². The van der Waals surface area contributed by atoms with Crippen LogP contribution in [0.15, 0.2) is 35.0 Å². The third kappa shape index (κ3) is 1.81. The molecule has 1 aromatic carbocycles. The Morgan fingerprint density at radius 2 is 2.19 bits per heavy atom. The average molecular weight is 246 g/mol. The molecule has 3 aromatic rings. The van der Waals surface area contributed by atoms with Gasteiger partial charge in [-0.05, 0) is 36.1 Å². The quantitative estimate of drug-likeness (QED) is 0.724. The minimum absolute atomic E-state index is 0.957. The molecule has 0 saturated carbocycles. The van der Waals surface area contributed by atoms with Crippen molar-refractivity contribution < 1.29 is 0 Å². The second-order valence-corrected chi connectivity index (χ2v) is 5.44. The van der Waals surface area contributed by atoms with Gasteiger partial charge in [-0.15, -0.1) is 0 Å². The number of hydrogen-bond donors (Lipinski definition) is 1. The van der Waals surface area contributed by atoms with Crippen molar-refractivity contribution in [2.45, 2.75) is 6.92 Å². The molecule has 0 aliphatic carbocycles. The van der Waals surface area contributed by atoms with Crippen molar-refractivity contribution in [3.63, 3.8) is 0 Å². The Bertz CT molecular complexity index is 611. The molecule has 3 rings (SSSR count). The number of fused-ring (bicyclic) bond motifs is 1. The molecule has 0 aliphatic heterocycles. The molecular formula is C12H10N2S2. The summed E-state index contributed by atoms with van der Waals surface area (Å²) in [7, 11) is 0. The van der Waals surface area contributed by atoms with Crippen molar-refractivity contribution in [2.75, 3.05) is 5.32 Å². The number of nitrogens with zero attached hydrogens (tertiary/aromatic N) is 1. The summed E-state index contributed by atoms with van der Waals surface area (Å²) in [5.41, 5.74) is 3.45. The monoisotopic (exact) mass is 246 g/mol. The second-order valence-electron chi connectivity index (χ2n) is 3.63. The van der Waals surface area contributed by atoms with Crippen LogP contribution in [0.5, 0.6) is 0 Å². The molecule has 0 spiro atoms. The molecule has 0 aliphatic rings. The molecule has 2 heterocycles. The smallest absolute Gasteiger partial charge is 0.188 e. The highest BCUT2D eigenvalue weighted by Crippen LogP contribution is 2.29. The van der Waals surface area contributed by atoms with Gasteiger partial charge in [0, 0.05) is 5.38 Å². The van der Waals surface area contributed by atoms with Gasteiger partial charge in [0.25, 0.3) is 0 Å². The zero-order valence-electron chi connectivity index (χ0n) is 8.73. The maximum absolute atomic E-state index is 4.54. The van der Waals surface area contributed by atoms with Crippen LogP contribution in [-0.2, 0) is 0 Å². The van der Waals surface area contributed by atoms with E-state index in [9.17, 15) is 0 Å². The zero-order valence-corrected chi connectivity index (χ0v) is 10.4. The van der Waals surface area contributed by atoms with E-state index in [0.29, 0.717) is 0 Å². The third-order valence-corrected chi connectivity index (χ3v) is 3.93. The SMILES string of the molecule is Cc1ccc2nc(Nc3ccsc3)sc2c1. The number of aromatic nitrogens is 1. The van der Waals surface area contributed by atoms with Gasteiger partial charge < -0.3 is 5.32 Å². The molecule has 2 nitrogen and oxygen atoms in total. The molecule has 80 valence electrons. The molecule has 0 fully saturated rings. The molecule has 1 N–H and O–H groups in total. The first-order valence-electron chi connectivity index (χ1n) is 4.98. The topological polar surface area (TPSA) is 24.9 Å². The molecule has 0 atom stereocenters. The predicted octanol–water partition coefficient (Wildman–Crippen LogP) is 4.41. The summed E-state index contributed by atoms with van der Waals surface area (Å²) in [6.07, 6.45) is 0. The standard InChI is InChI=1S/C12H10N2S2/c1-8-2-3-10-11(6-8)16-12(14-10)13-9-4-5-15-7-9/h2-7H,1H3,(H,13,14). The van der Waals surface area contributed by atoms with Crippen LogP contribution in [0.25, 0.3) is 10.2 Å². The second kappa shape index (κ2) is 3.88. The Hall–Kier alpha value is -1.39. The molecule has 0 amide bonds. The highest BCUT2D eigenvalue weighted by molar-refractivity contribution is 7.22. The molecule has 0 saturated heterocycles. The highest BCUT2D eigenvalue weighted by atomic mass is 32.1. The fraction of sp³-hybridized carbons (Fsp3) is 0.0833. The maximum Gasteiger partial charge on any atom is 0.188 e. The predicted molar refractivity (Wildman–Crippen MR) is 72.0 cm³/mol. The largest absolute Gasteiger partial charge is 0.331 e. The maximum atomic E-state index is 4.54. The normalized spacial score (nSPS) is 10.8. The lowest BCUT2D eigenvalue weighted by Crippen LogP contribution is -1.85. The van der Waals surface area contributed by atoms with Crippen molar-refractivity contribution in [3.05, 3.63) is 40.6 Å². The molecule has 4 heteroatoms. The van der Waals surface area contributed by atoms with E-state index in [0.717, 1.165) is 16.3 Å². The van der Waals surface area contributed by atoms with E-state index >= 15 is 0 Å². The van der Waals surface area contributed by atoms with Crippen LogP contribution in [0.1, 0.15) is 5.56 Å². The summed E-state index contributed by atoms with van der Waals surface area (Å²) >= 11 is 3.37. The summed E-state index contributed by atoms with van der Waals surface area (Å²) in [6, 6.07) is 8.39. The molecule has 0 bridgehead atoms. The summed E-state index contributed by atoms with van der Waals surface area (Å²) in [5, 5.41) is 8.40. The Morgan fingerprint density at radius 3 is 3.00 bits per heavy atom. The van der Waals surface area contributed by atoms with Crippen LogP contribution in [0.2, 0.25) is 0 Å². The van der Waals surface area contributed by atoms with Crippen LogP contribution < -0.4 is 5.32 Å². The van der Waals surface area contributed by atoms with E-state index in [1.807, 2.05) is 0 Å². The van der Waals surface area contributed by atoms with Crippen molar-refractivity contribution in [1.29, 1.82) is 0 Å². The Labute approximate surface area is 102 Å². The van der Waals surface area contributed by atoms with Crippen LogP contribution in [-0.4, -0.2) is 4.98 Å². The number of hydrogen-bond acceptors (Lipinski definition) is 4. The first-order valence-corrected chi connectivity index (χ1v) is 6.73. The lowest BCUT2D eigenvalue weighted by Gasteiger charge is -1.95. The molecular weight excluding hydrogens is 236 g/mol. The summed E-state index contributed by atoms with van der Waals surface area (Å²) in [6.45, 7) is 2.10. The van der Waals surface area contributed by atoms with Gasteiger partial charge in [-0.25, -0.2) is 4.98 Å². The van der Waals surface area contributed by atoms with Gasteiger partial charge in [0.1, 0.15) is 0 Å². The number of anilines is 2. The molecule has 0 radical (unpaired) electrons.